The van der Waals surface area contributed by atoms with Crippen LogP contribution < -0.4 is 25.9 Å². The van der Waals surface area contributed by atoms with Crippen LogP contribution in [0.2, 0.25) is 0 Å². The molecule has 26 heavy (non-hydrogen) atoms. The molecule has 144 valence electrons. The molecule has 2 rings (SSSR count). The zero-order valence-corrected chi connectivity index (χ0v) is 18.0. The lowest BCUT2D eigenvalue weighted by atomic mass is 9.87. The van der Waals surface area contributed by atoms with Crippen LogP contribution in [0.3, 0.4) is 0 Å². The summed E-state index contributed by atoms with van der Waals surface area (Å²) in [5.41, 5.74) is 3.12. The van der Waals surface area contributed by atoms with Crippen molar-refractivity contribution in [3.63, 3.8) is 0 Å². The quantitative estimate of drug-likeness (QED) is 0.334. The SMILES string of the molecule is CC(C)Cc1ccc([I+]c2ccc(C(C)(C)C)cc2)cc1.FB(F)F.[F-]. The molecule has 0 radical (unpaired) electrons. The normalized spacial score (nSPS) is 10.7. The Hall–Kier alpha value is -1.05. The monoisotopic (exact) mass is 480 g/mol. The first-order valence-electron chi connectivity index (χ1n) is 8.34. The molecule has 0 bridgehead atoms. The number of halogens is 5. The highest BCUT2D eigenvalue weighted by Crippen LogP contribution is 2.20. The first kappa shape index (κ1) is 25.0. The van der Waals surface area contributed by atoms with E-state index in [-0.39, 0.29) is 31.3 Å². The van der Waals surface area contributed by atoms with Gasteiger partial charge in [-0.15, -0.1) is 0 Å². The molecule has 0 amide bonds. The average Bonchev–Trinajstić information content (AvgIpc) is 2.48. The highest BCUT2D eigenvalue weighted by molar-refractivity contribution is 6.33. The van der Waals surface area contributed by atoms with Gasteiger partial charge in [0.1, 0.15) is 0 Å². The number of hydrogen-bond donors (Lipinski definition) is 0. The van der Waals surface area contributed by atoms with E-state index < -0.39 is 7.54 Å². The van der Waals surface area contributed by atoms with Gasteiger partial charge >= 0.3 is 28.7 Å². The molecule has 0 saturated heterocycles. The minimum absolute atomic E-state index is 0. The van der Waals surface area contributed by atoms with Crippen molar-refractivity contribution < 1.29 is 38.9 Å². The van der Waals surface area contributed by atoms with E-state index in [1.165, 1.54) is 24.7 Å². The molecule has 0 spiro atoms. The number of hydrogen-bond acceptors (Lipinski definition) is 0. The molecule has 0 N–H and O–H groups in total. The molecule has 0 aromatic heterocycles. The Labute approximate surface area is 165 Å². The van der Waals surface area contributed by atoms with Gasteiger partial charge in [-0.25, -0.2) is 0 Å². The maximum atomic E-state index is 9.67. The van der Waals surface area contributed by atoms with Crippen molar-refractivity contribution in [2.75, 3.05) is 0 Å². The van der Waals surface area contributed by atoms with E-state index >= 15 is 0 Å². The summed E-state index contributed by atoms with van der Waals surface area (Å²) in [6.07, 6.45) is 1.18. The van der Waals surface area contributed by atoms with Crippen LogP contribution in [0.15, 0.2) is 48.5 Å². The van der Waals surface area contributed by atoms with Gasteiger partial charge < -0.3 is 4.70 Å². The second kappa shape index (κ2) is 11.6. The first-order valence-corrected chi connectivity index (χ1v) is 10.5. The Morgan fingerprint density at radius 3 is 1.58 bits per heavy atom. The van der Waals surface area contributed by atoms with E-state index in [0.717, 1.165) is 5.92 Å². The van der Waals surface area contributed by atoms with E-state index in [9.17, 15) is 12.9 Å². The Morgan fingerprint density at radius 2 is 1.23 bits per heavy atom. The van der Waals surface area contributed by atoms with Crippen LogP contribution in [-0.4, -0.2) is 7.54 Å². The van der Waals surface area contributed by atoms with Crippen molar-refractivity contribution in [3.8, 4) is 0 Å². The summed E-state index contributed by atoms with van der Waals surface area (Å²) in [6, 6.07) is 18.5. The third kappa shape index (κ3) is 10.2. The van der Waals surface area contributed by atoms with Gasteiger partial charge in [0.15, 0.2) is 7.14 Å². The van der Waals surface area contributed by atoms with Crippen molar-refractivity contribution in [1.82, 2.24) is 0 Å². The molecule has 0 fully saturated rings. The summed E-state index contributed by atoms with van der Waals surface area (Å²) in [5, 5.41) is 0. The molecule has 0 aliphatic rings. The van der Waals surface area contributed by atoms with Crippen LogP contribution in [0.1, 0.15) is 45.7 Å². The lowest BCUT2D eigenvalue weighted by Crippen LogP contribution is -3.61. The maximum absolute atomic E-state index is 9.67. The van der Waals surface area contributed by atoms with Gasteiger partial charge in [-0.3, -0.25) is 12.9 Å². The second-order valence-electron chi connectivity index (χ2n) is 7.32. The topological polar surface area (TPSA) is 0 Å². The average molecular weight is 480 g/mol. The summed E-state index contributed by atoms with van der Waals surface area (Å²) in [6.45, 7) is 11.4. The number of rotatable bonds is 4. The van der Waals surface area contributed by atoms with Crippen LogP contribution in [0.25, 0.3) is 0 Å². The Morgan fingerprint density at radius 1 is 0.846 bits per heavy atom. The van der Waals surface area contributed by atoms with Crippen molar-refractivity contribution in [2.45, 2.75) is 46.5 Å². The Bertz CT molecular complexity index is 617. The van der Waals surface area contributed by atoms with Crippen molar-refractivity contribution >= 4 is 7.54 Å². The van der Waals surface area contributed by atoms with Gasteiger partial charge in [0.2, 0.25) is 0 Å². The van der Waals surface area contributed by atoms with E-state index in [1.54, 1.807) is 0 Å². The lowest BCUT2D eigenvalue weighted by molar-refractivity contribution is -0.597. The van der Waals surface area contributed by atoms with E-state index in [2.05, 4.69) is 83.1 Å². The van der Waals surface area contributed by atoms with Crippen LogP contribution >= 0.6 is 0 Å². The predicted octanol–water partition coefficient (Wildman–Crippen LogP) is 0.195. The molecule has 6 heteroatoms. The highest BCUT2D eigenvalue weighted by Gasteiger charge is 2.18. The summed E-state index contributed by atoms with van der Waals surface area (Å²) >= 11 is -0.0546. The van der Waals surface area contributed by atoms with Gasteiger partial charge in [-0.2, -0.15) is 0 Å². The van der Waals surface area contributed by atoms with Gasteiger partial charge in [0.25, 0.3) is 0 Å². The van der Waals surface area contributed by atoms with Crippen molar-refractivity contribution in [1.29, 1.82) is 0 Å². The zero-order chi connectivity index (χ0) is 19.0. The fourth-order valence-corrected chi connectivity index (χ4v) is 4.45. The lowest BCUT2D eigenvalue weighted by Gasteiger charge is -2.18. The molecule has 0 heterocycles. The van der Waals surface area contributed by atoms with Crippen LogP contribution in [0.4, 0.5) is 12.9 Å². The van der Waals surface area contributed by atoms with Crippen molar-refractivity contribution in [2.24, 2.45) is 5.92 Å². The van der Waals surface area contributed by atoms with Crippen LogP contribution in [-0.2, 0) is 11.8 Å². The zero-order valence-electron chi connectivity index (χ0n) is 15.9. The molecular formula is C20H26BF4I. The standard InChI is InChI=1S/C20H26I.BF3.FH/c1-15(2)14-16-6-10-18(11-7-16)21-19-12-8-17(9-13-19)20(3,4)5;2-1(3)4;/h6-13,15H,14H2,1-5H3;;1H/q+1;;/p-1. The van der Waals surface area contributed by atoms with Gasteiger partial charge in [-0.1, -0.05) is 58.9 Å². The Kier molecular flexibility index (Phi) is 11.2. The smallest absolute Gasteiger partial charge is 0.762 e. The van der Waals surface area contributed by atoms with Crippen LogP contribution in [0.5, 0.6) is 0 Å². The molecule has 0 unspecified atom stereocenters. The minimum atomic E-state index is -3.67. The van der Waals surface area contributed by atoms with Gasteiger partial charge in [-0.05, 0) is 53.1 Å². The molecule has 0 aliphatic heterocycles. The summed E-state index contributed by atoms with van der Waals surface area (Å²) in [7, 11) is -3.67. The fourth-order valence-electron chi connectivity index (χ4n) is 2.29. The molecule has 0 atom stereocenters. The third-order valence-corrected chi connectivity index (χ3v) is 6.17. The predicted molar refractivity (Wildman–Crippen MR) is 96.6 cm³/mol. The maximum Gasteiger partial charge on any atom is 0.762 e. The molecule has 0 saturated carbocycles. The molecule has 2 aromatic carbocycles. The van der Waals surface area contributed by atoms with Gasteiger partial charge in [0.05, 0.1) is 0 Å². The van der Waals surface area contributed by atoms with Crippen LogP contribution in [0, 0.1) is 13.1 Å². The largest absolute Gasteiger partial charge is 1.00 e. The van der Waals surface area contributed by atoms with Gasteiger partial charge in [0, 0.05) is 0 Å². The number of benzene rings is 2. The summed E-state index contributed by atoms with van der Waals surface area (Å²) in [4.78, 5) is 0. The minimum Gasteiger partial charge on any atom is -1.00 e. The Balaban J connectivity index is 0.00000113. The molecule has 2 aromatic rings. The summed E-state index contributed by atoms with van der Waals surface area (Å²) in [5.74, 6) is 0.732. The van der Waals surface area contributed by atoms with E-state index in [0.29, 0.717) is 0 Å². The highest BCUT2D eigenvalue weighted by atomic mass is 127. The third-order valence-electron chi connectivity index (χ3n) is 3.49. The van der Waals surface area contributed by atoms with Crippen molar-refractivity contribution in [3.05, 3.63) is 66.8 Å². The summed E-state index contributed by atoms with van der Waals surface area (Å²) < 4.78 is 32.0. The van der Waals surface area contributed by atoms with E-state index in [1.807, 2.05) is 0 Å². The molecule has 0 nitrogen and oxygen atoms in total. The second-order valence-corrected chi connectivity index (χ2v) is 10.4. The van der Waals surface area contributed by atoms with E-state index in [4.69, 9.17) is 0 Å². The first-order chi connectivity index (χ1) is 11.6. The fraction of sp³-hybridized carbons (Fsp3) is 0.400. The molecular weight excluding hydrogens is 454 g/mol. The molecule has 0 aliphatic carbocycles.